The van der Waals surface area contributed by atoms with Gasteiger partial charge >= 0.3 is 0 Å². The lowest BCUT2D eigenvalue weighted by Gasteiger charge is -2.33. The maximum atomic E-state index is 2.34. The maximum Gasteiger partial charge on any atom is 0.203 e. The van der Waals surface area contributed by atoms with Crippen molar-refractivity contribution >= 4 is 17.9 Å². The molecule has 0 amide bonds. The molecule has 0 radical (unpaired) electrons. The van der Waals surface area contributed by atoms with Gasteiger partial charge in [-0.15, -0.1) is 0 Å². The molecule has 0 saturated carbocycles. The van der Waals surface area contributed by atoms with Crippen molar-refractivity contribution in [3.05, 3.63) is 71.4 Å². The summed E-state index contributed by atoms with van der Waals surface area (Å²) in [5, 5.41) is 0. The van der Waals surface area contributed by atoms with Gasteiger partial charge in [0.1, 0.15) is 0 Å². The first-order valence-electron chi connectivity index (χ1n) is 9.61. The highest BCUT2D eigenvalue weighted by Gasteiger charge is 2.26. The normalized spacial score (nSPS) is 13.7. The van der Waals surface area contributed by atoms with Gasteiger partial charge in [0.05, 0.1) is 0 Å². The minimum Gasteiger partial charge on any atom is -0.349 e. The summed E-state index contributed by atoms with van der Waals surface area (Å²) in [7, 11) is 2.18. The van der Waals surface area contributed by atoms with E-state index in [1.165, 1.54) is 27.9 Å². The molecule has 0 unspecified atom stereocenters. The molecule has 1 nitrogen and oxygen atoms in total. The van der Waals surface area contributed by atoms with E-state index in [9.17, 15) is 0 Å². The zero-order valence-corrected chi connectivity index (χ0v) is 18.2. The highest BCUT2D eigenvalue weighted by Crippen LogP contribution is 2.32. The number of allylic oxidation sites excluding steroid dienone is 8. The summed E-state index contributed by atoms with van der Waals surface area (Å²) < 4.78 is 0. The van der Waals surface area contributed by atoms with Crippen molar-refractivity contribution in [2.24, 2.45) is 0 Å². The molecule has 0 aliphatic rings. The second-order valence-corrected chi connectivity index (χ2v) is 8.04. The molecule has 0 saturated heterocycles. The largest absolute Gasteiger partial charge is 0.349 e. The molecule has 140 valence electrons. The second-order valence-electron chi connectivity index (χ2n) is 8.04. The number of nitrogens with zero attached hydrogens (tertiary/aromatic N) is 1. The van der Waals surface area contributed by atoms with Gasteiger partial charge in [0.25, 0.3) is 0 Å². The van der Waals surface area contributed by atoms with Crippen LogP contribution in [0.5, 0.6) is 0 Å². The lowest BCUT2D eigenvalue weighted by molar-refractivity contribution is 0.590. The van der Waals surface area contributed by atoms with Crippen LogP contribution in [0.25, 0.3) is 0 Å². The third-order valence-corrected chi connectivity index (χ3v) is 4.97. The van der Waals surface area contributed by atoms with Crippen molar-refractivity contribution < 1.29 is 0 Å². The zero-order chi connectivity index (χ0) is 19.9. The molecule has 0 bridgehead atoms. The minimum absolute atomic E-state index is 0.0845. The Balaban J connectivity index is 3.62. The summed E-state index contributed by atoms with van der Waals surface area (Å²) in [5.41, 5.74) is 6.80. The molecule has 1 rings (SSSR count). The number of hydrogen-bond donors (Lipinski definition) is 0. The predicted octanol–water partition coefficient (Wildman–Crippen LogP) is 6.29. The lowest BCUT2D eigenvalue weighted by atomic mass is 9.41. The van der Waals surface area contributed by atoms with Crippen LogP contribution in [0.2, 0.25) is 6.82 Å². The van der Waals surface area contributed by atoms with Gasteiger partial charge in [0.2, 0.25) is 6.71 Å². The summed E-state index contributed by atoms with van der Waals surface area (Å²) in [4.78, 5) is 2.34. The molecule has 0 fully saturated rings. The van der Waals surface area contributed by atoms with E-state index in [2.05, 4.69) is 122 Å². The van der Waals surface area contributed by atoms with E-state index in [4.69, 9.17) is 0 Å². The molecule has 0 aliphatic heterocycles. The van der Waals surface area contributed by atoms with Gasteiger partial charge in [0, 0.05) is 18.4 Å². The molecule has 0 N–H and O–H groups in total. The quantitative estimate of drug-likeness (QED) is 0.431. The first-order chi connectivity index (χ1) is 12.1. The van der Waals surface area contributed by atoms with Crippen LogP contribution >= 0.6 is 0 Å². The van der Waals surface area contributed by atoms with Crippen LogP contribution in [0, 0.1) is 0 Å². The van der Waals surface area contributed by atoms with Crippen LogP contribution < -0.4 is 10.4 Å². The van der Waals surface area contributed by atoms with Gasteiger partial charge in [-0.2, -0.15) is 0 Å². The summed E-state index contributed by atoms with van der Waals surface area (Å²) in [6, 6.07) is 6.76. The Hall–Kier alpha value is -1.96. The molecule has 2 heteroatoms. The van der Waals surface area contributed by atoms with Crippen molar-refractivity contribution in [3.8, 4) is 0 Å². The number of hydrogen-bond acceptors (Lipinski definition) is 1. The summed E-state index contributed by atoms with van der Waals surface area (Å²) >= 11 is 0. The highest BCUT2D eigenvalue weighted by molar-refractivity contribution is 6.79. The lowest BCUT2D eigenvalue weighted by Crippen LogP contribution is -2.36. The first kappa shape index (κ1) is 22.1. The number of anilines is 1. The average Bonchev–Trinajstić information content (AvgIpc) is 2.61. The van der Waals surface area contributed by atoms with Crippen LogP contribution in [0.3, 0.4) is 0 Å². The Labute approximate surface area is 162 Å². The van der Waals surface area contributed by atoms with Crippen LogP contribution in [-0.4, -0.2) is 13.8 Å². The fourth-order valence-corrected chi connectivity index (χ4v) is 3.05. The van der Waals surface area contributed by atoms with Crippen molar-refractivity contribution in [3.63, 3.8) is 0 Å². The Morgan fingerprint density at radius 2 is 1.58 bits per heavy atom. The van der Waals surface area contributed by atoms with Gasteiger partial charge in [0.15, 0.2) is 0 Å². The molecule has 0 heterocycles. The van der Waals surface area contributed by atoms with E-state index < -0.39 is 0 Å². The Bertz CT molecular complexity index is 714. The molecule has 0 aliphatic carbocycles. The van der Waals surface area contributed by atoms with E-state index in [1.54, 1.807) is 0 Å². The SMILES string of the molecule is C/C=C\C=C(/C)B(C)c1cccc(C(C)(C)C)c1N(C)/C(C)=C/C=C\C. The zero-order valence-electron chi connectivity index (χ0n) is 18.2. The van der Waals surface area contributed by atoms with Crippen LogP contribution in [0.4, 0.5) is 5.69 Å². The van der Waals surface area contributed by atoms with Crippen molar-refractivity contribution in [1.29, 1.82) is 0 Å². The van der Waals surface area contributed by atoms with E-state index in [-0.39, 0.29) is 5.41 Å². The van der Waals surface area contributed by atoms with Gasteiger partial charge in [-0.1, -0.05) is 94.0 Å². The molecule has 0 atom stereocenters. The van der Waals surface area contributed by atoms with E-state index in [1.807, 2.05) is 0 Å². The number of para-hydroxylation sites is 1. The monoisotopic (exact) mass is 349 g/mol. The average molecular weight is 349 g/mol. The third-order valence-electron chi connectivity index (χ3n) is 4.97. The smallest absolute Gasteiger partial charge is 0.203 e. The maximum absolute atomic E-state index is 2.34. The van der Waals surface area contributed by atoms with Crippen LogP contribution in [0.15, 0.2) is 65.8 Å². The number of benzene rings is 1. The minimum atomic E-state index is 0.0845. The summed E-state index contributed by atoms with van der Waals surface area (Å²) in [6.45, 7) is 18.1. The third kappa shape index (κ3) is 5.52. The molecule has 0 aromatic heterocycles. The van der Waals surface area contributed by atoms with Crippen molar-refractivity contribution in [2.45, 2.75) is 60.7 Å². The molecule has 1 aromatic carbocycles. The van der Waals surface area contributed by atoms with Crippen molar-refractivity contribution in [2.75, 3.05) is 11.9 Å². The highest BCUT2D eigenvalue weighted by atomic mass is 15.1. The van der Waals surface area contributed by atoms with Gasteiger partial charge in [-0.25, -0.2) is 0 Å². The fourth-order valence-electron chi connectivity index (χ4n) is 3.05. The van der Waals surface area contributed by atoms with Crippen LogP contribution in [-0.2, 0) is 5.41 Å². The molecule has 26 heavy (non-hydrogen) atoms. The molecule has 1 aromatic rings. The van der Waals surface area contributed by atoms with Gasteiger partial charge in [-0.05, 0) is 37.8 Å². The Morgan fingerprint density at radius 3 is 2.12 bits per heavy atom. The van der Waals surface area contributed by atoms with E-state index in [0.29, 0.717) is 6.71 Å². The van der Waals surface area contributed by atoms with E-state index >= 15 is 0 Å². The Kier molecular flexibility index (Phi) is 8.21. The Morgan fingerprint density at radius 1 is 1.00 bits per heavy atom. The molecular formula is C24H36BN. The topological polar surface area (TPSA) is 3.24 Å². The molecule has 0 spiro atoms. The number of rotatable bonds is 6. The van der Waals surface area contributed by atoms with Crippen molar-refractivity contribution in [1.82, 2.24) is 0 Å². The second kappa shape index (κ2) is 9.66. The van der Waals surface area contributed by atoms with Gasteiger partial charge in [-0.3, -0.25) is 0 Å². The van der Waals surface area contributed by atoms with Gasteiger partial charge < -0.3 is 4.90 Å². The predicted molar refractivity (Wildman–Crippen MR) is 122 cm³/mol. The molecular weight excluding hydrogens is 313 g/mol. The van der Waals surface area contributed by atoms with E-state index in [0.717, 1.165) is 0 Å². The first-order valence-corrected chi connectivity index (χ1v) is 9.61. The summed E-state index contributed by atoms with van der Waals surface area (Å²) in [5.74, 6) is 0. The fraction of sp³-hybridized carbons (Fsp3) is 0.417. The standard InChI is InChI=1S/C24H36BN/c1-10-12-15-19(3)25(8)22-18-14-17-21(24(5,6)7)23(22)26(9)20(4)16-13-11-2/h10-18H,1-9H3/b12-10-,13-11-,19-15+,20-16+. The van der Waals surface area contributed by atoms with Crippen LogP contribution in [0.1, 0.15) is 54.0 Å². The summed E-state index contributed by atoms with van der Waals surface area (Å²) in [6.07, 6.45) is 12.8.